The van der Waals surface area contributed by atoms with Crippen LogP contribution in [0.1, 0.15) is 27.3 Å². The number of ether oxygens (including phenoxy) is 1. The number of alkyl halides is 3. The van der Waals surface area contributed by atoms with Crippen LogP contribution in [-0.2, 0) is 0 Å². The highest BCUT2D eigenvalue weighted by atomic mass is 19.4. The second kappa shape index (κ2) is 6.49. The van der Waals surface area contributed by atoms with Crippen LogP contribution < -0.4 is 10.1 Å². The van der Waals surface area contributed by atoms with Gasteiger partial charge in [-0.15, -0.1) is 13.2 Å². The van der Waals surface area contributed by atoms with Gasteiger partial charge in [-0.1, -0.05) is 0 Å². The number of halogens is 3. The lowest BCUT2D eigenvalue weighted by molar-refractivity contribution is -0.274. The number of rotatable bonds is 3. The SMILES string of the molecule is Cc1nc(NC(=O)c2cc3cc(OC(F)(F)F)ccc3[nH]2)c(C)c(C)c1O. The number of aromatic nitrogens is 2. The van der Waals surface area contributed by atoms with E-state index in [2.05, 4.69) is 20.0 Å². The number of fused-ring (bicyclic) bond motifs is 1. The van der Waals surface area contributed by atoms with Crippen LogP contribution in [0, 0.1) is 20.8 Å². The van der Waals surface area contributed by atoms with Gasteiger partial charge in [-0.3, -0.25) is 4.79 Å². The number of nitrogens with one attached hydrogen (secondary N) is 2. The maximum atomic E-state index is 12.5. The first-order valence-electron chi connectivity index (χ1n) is 7.92. The number of benzene rings is 1. The zero-order valence-corrected chi connectivity index (χ0v) is 14.7. The third-order valence-corrected chi connectivity index (χ3v) is 4.20. The van der Waals surface area contributed by atoms with Gasteiger partial charge in [0, 0.05) is 10.9 Å². The molecule has 0 unspecified atom stereocenters. The minimum absolute atomic E-state index is 0.0632. The van der Waals surface area contributed by atoms with Crippen molar-refractivity contribution >= 4 is 22.6 Å². The third kappa shape index (κ3) is 3.81. The van der Waals surface area contributed by atoms with E-state index in [0.717, 1.165) is 6.07 Å². The molecule has 3 rings (SSSR count). The molecule has 0 spiro atoms. The minimum Gasteiger partial charge on any atom is -0.506 e. The molecule has 0 radical (unpaired) electrons. The molecule has 9 heteroatoms. The summed E-state index contributed by atoms with van der Waals surface area (Å²) in [6.07, 6.45) is -4.79. The Bertz CT molecular complexity index is 1040. The summed E-state index contributed by atoms with van der Waals surface area (Å²) < 4.78 is 40.9. The summed E-state index contributed by atoms with van der Waals surface area (Å²) >= 11 is 0. The van der Waals surface area contributed by atoms with E-state index < -0.39 is 12.3 Å². The molecule has 0 aliphatic heterocycles. The van der Waals surface area contributed by atoms with Crippen molar-refractivity contribution in [3.05, 3.63) is 46.8 Å². The lowest BCUT2D eigenvalue weighted by atomic mass is 10.1. The molecular formula is C18H16F3N3O3. The highest BCUT2D eigenvalue weighted by molar-refractivity contribution is 6.06. The molecule has 0 aliphatic carbocycles. The minimum atomic E-state index is -4.79. The molecule has 2 aromatic heterocycles. The van der Waals surface area contributed by atoms with Crippen molar-refractivity contribution in [2.24, 2.45) is 0 Å². The average Bonchev–Trinajstić information content (AvgIpc) is 2.99. The van der Waals surface area contributed by atoms with Gasteiger partial charge in [-0.05, 0) is 56.2 Å². The Morgan fingerprint density at radius 2 is 1.89 bits per heavy atom. The quantitative estimate of drug-likeness (QED) is 0.632. The summed E-state index contributed by atoms with van der Waals surface area (Å²) in [7, 11) is 0. The normalized spacial score (nSPS) is 11.6. The summed E-state index contributed by atoms with van der Waals surface area (Å²) in [4.78, 5) is 19.5. The molecule has 27 heavy (non-hydrogen) atoms. The fraction of sp³-hybridized carbons (Fsp3) is 0.222. The van der Waals surface area contributed by atoms with Crippen LogP contribution in [0.5, 0.6) is 11.5 Å². The largest absolute Gasteiger partial charge is 0.573 e. The van der Waals surface area contributed by atoms with Gasteiger partial charge in [-0.25, -0.2) is 4.98 Å². The molecule has 0 saturated carbocycles. The Balaban J connectivity index is 1.88. The molecule has 142 valence electrons. The van der Waals surface area contributed by atoms with Crippen LogP contribution in [-0.4, -0.2) is 27.3 Å². The monoisotopic (exact) mass is 379 g/mol. The second-order valence-corrected chi connectivity index (χ2v) is 6.08. The lowest BCUT2D eigenvalue weighted by Gasteiger charge is -2.12. The van der Waals surface area contributed by atoms with E-state index >= 15 is 0 Å². The summed E-state index contributed by atoms with van der Waals surface area (Å²) in [5.41, 5.74) is 2.22. The summed E-state index contributed by atoms with van der Waals surface area (Å²) in [6.45, 7) is 5.03. The molecule has 1 aromatic carbocycles. The topological polar surface area (TPSA) is 87.2 Å². The van der Waals surface area contributed by atoms with Gasteiger partial charge in [0.05, 0.1) is 5.69 Å². The number of anilines is 1. The van der Waals surface area contributed by atoms with E-state index in [-0.39, 0.29) is 17.2 Å². The van der Waals surface area contributed by atoms with E-state index in [1.165, 1.54) is 18.2 Å². The molecule has 1 amide bonds. The van der Waals surface area contributed by atoms with Gasteiger partial charge >= 0.3 is 6.36 Å². The van der Waals surface area contributed by atoms with Gasteiger partial charge in [0.2, 0.25) is 0 Å². The van der Waals surface area contributed by atoms with Crippen molar-refractivity contribution in [3.63, 3.8) is 0 Å². The van der Waals surface area contributed by atoms with Crippen LogP contribution >= 0.6 is 0 Å². The predicted molar refractivity (Wildman–Crippen MR) is 93.0 cm³/mol. The first kappa shape index (κ1) is 18.6. The van der Waals surface area contributed by atoms with Crippen molar-refractivity contribution in [1.82, 2.24) is 9.97 Å². The maximum Gasteiger partial charge on any atom is 0.573 e. The highest BCUT2D eigenvalue weighted by Gasteiger charge is 2.31. The summed E-state index contributed by atoms with van der Waals surface area (Å²) in [6, 6.07) is 5.16. The Labute approximate surface area is 152 Å². The summed E-state index contributed by atoms with van der Waals surface area (Å²) in [5, 5.41) is 12.9. The van der Waals surface area contributed by atoms with E-state index in [4.69, 9.17) is 0 Å². The Hall–Kier alpha value is -3.23. The summed E-state index contributed by atoms with van der Waals surface area (Å²) in [5.74, 6) is -0.520. The van der Waals surface area contributed by atoms with Crippen LogP contribution in [0.15, 0.2) is 24.3 Å². The Morgan fingerprint density at radius 1 is 1.19 bits per heavy atom. The Kier molecular flexibility index (Phi) is 4.46. The molecule has 6 nitrogen and oxygen atoms in total. The van der Waals surface area contributed by atoms with E-state index in [9.17, 15) is 23.1 Å². The smallest absolute Gasteiger partial charge is 0.506 e. The first-order chi connectivity index (χ1) is 12.5. The number of aromatic hydroxyl groups is 1. The van der Waals surface area contributed by atoms with Crippen molar-refractivity contribution in [2.75, 3.05) is 5.32 Å². The zero-order chi connectivity index (χ0) is 19.9. The van der Waals surface area contributed by atoms with Crippen LogP contribution in [0.2, 0.25) is 0 Å². The molecule has 0 atom stereocenters. The Morgan fingerprint density at radius 3 is 2.56 bits per heavy atom. The number of aromatic amines is 1. The molecule has 0 fully saturated rings. The van der Waals surface area contributed by atoms with E-state index in [0.29, 0.717) is 33.5 Å². The fourth-order valence-corrected chi connectivity index (χ4v) is 2.66. The third-order valence-electron chi connectivity index (χ3n) is 4.20. The number of carbonyl (C=O) groups excluding carboxylic acids is 1. The number of pyridine rings is 1. The standard InChI is InChI=1S/C18H16F3N3O3/c1-8-9(2)16(22-10(3)15(8)25)24-17(26)14-7-11-6-12(27-18(19,20)21)4-5-13(11)23-14/h4-7,23,25H,1-3H3,(H,22,24,26). The van der Waals surface area contributed by atoms with Gasteiger partial charge in [0.15, 0.2) is 0 Å². The van der Waals surface area contributed by atoms with Crippen LogP contribution in [0.4, 0.5) is 19.0 Å². The van der Waals surface area contributed by atoms with Gasteiger partial charge in [0.1, 0.15) is 23.0 Å². The number of carbonyl (C=O) groups is 1. The number of nitrogens with zero attached hydrogens (tertiary/aromatic N) is 1. The lowest BCUT2D eigenvalue weighted by Crippen LogP contribution is -2.16. The van der Waals surface area contributed by atoms with Gasteiger partial charge in [-0.2, -0.15) is 0 Å². The molecule has 0 saturated heterocycles. The predicted octanol–water partition coefficient (Wildman–Crippen LogP) is 4.34. The van der Waals surface area contributed by atoms with E-state index in [1.54, 1.807) is 20.8 Å². The molecular weight excluding hydrogens is 363 g/mol. The van der Waals surface area contributed by atoms with E-state index in [1.807, 2.05) is 0 Å². The molecule has 0 aliphatic rings. The van der Waals surface area contributed by atoms with Crippen LogP contribution in [0.3, 0.4) is 0 Å². The maximum absolute atomic E-state index is 12.5. The molecule has 2 heterocycles. The molecule has 3 aromatic rings. The average molecular weight is 379 g/mol. The van der Waals surface area contributed by atoms with Gasteiger partial charge < -0.3 is 20.1 Å². The highest BCUT2D eigenvalue weighted by Crippen LogP contribution is 2.29. The second-order valence-electron chi connectivity index (χ2n) is 6.08. The van der Waals surface area contributed by atoms with Crippen molar-refractivity contribution < 1.29 is 27.8 Å². The van der Waals surface area contributed by atoms with Crippen molar-refractivity contribution in [2.45, 2.75) is 27.1 Å². The zero-order valence-electron chi connectivity index (χ0n) is 14.7. The van der Waals surface area contributed by atoms with Crippen molar-refractivity contribution in [3.8, 4) is 11.5 Å². The number of H-pyrrole nitrogens is 1. The van der Waals surface area contributed by atoms with Crippen molar-refractivity contribution in [1.29, 1.82) is 0 Å². The number of amides is 1. The first-order valence-corrected chi connectivity index (χ1v) is 7.92. The number of aryl methyl sites for hydroxylation is 1. The number of hydrogen-bond donors (Lipinski definition) is 3. The fourth-order valence-electron chi connectivity index (χ4n) is 2.66. The molecule has 0 bridgehead atoms. The van der Waals surface area contributed by atoms with Crippen LogP contribution in [0.25, 0.3) is 10.9 Å². The molecule has 3 N–H and O–H groups in total. The number of hydrogen-bond acceptors (Lipinski definition) is 4. The van der Waals surface area contributed by atoms with Gasteiger partial charge in [0.25, 0.3) is 5.91 Å².